The molecular formula is C15H24N4O3S. The molecule has 0 aromatic carbocycles. The molecule has 0 radical (unpaired) electrons. The molecule has 128 valence electrons. The molecule has 2 aliphatic heterocycles. The number of aromatic nitrogens is 2. The summed E-state index contributed by atoms with van der Waals surface area (Å²) >= 11 is 0. The highest BCUT2D eigenvalue weighted by molar-refractivity contribution is 7.89. The van der Waals surface area contributed by atoms with Crippen molar-refractivity contribution in [3.05, 3.63) is 12.4 Å². The largest absolute Gasteiger partial charge is 0.305 e. The average molecular weight is 340 g/mol. The lowest BCUT2D eigenvalue weighted by Gasteiger charge is -2.38. The Morgan fingerprint density at radius 2 is 2.09 bits per heavy atom. The van der Waals surface area contributed by atoms with E-state index in [1.165, 1.54) is 0 Å². The zero-order valence-electron chi connectivity index (χ0n) is 13.7. The summed E-state index contributed by atoms with van der Waals surface area (Å²) in [4.78, 5) is 14.2. The fraction of sp³-hybridized carbons (Fsp3) is 0.733. The molecular weight excluding hydrogens is 316 g/mol. The molecule has 7 nitrogen and oxygen atoms in total. The molecule has 0 saturated carbocycles. The first-order valence-electron chi connectivity index (χ1n) is 8.24. The minimum atomic E-state index is -3.24. The van der Waals surface area contributed by atoms with Crippen molar-refractivity contribution in [2.24, 2.45) is 7.05 Å². The van der Waals surface area contributed by atoms with Crippen LogP contribution in [0.15, 0.2) is 12.4 Å². The van der Waals surface area contributed by atoms with E-state index >= 15 is 0 Å². The predicted octanol–water partition coefficient (Wildman–Crippen LogP) is 1.12. The minimum absolute atomic E-state index is 0.0621. The van der Waals surface area contributed by atoms with E-state index in [1.807, 2.05) is 20.2 Å². The van der Waals surface area contributed by atoms with Gasteiger partial charge in [0.2, 0.25) is 15.9 Å². The first-order chi connectivity index (χ1) is 10.9. The second-order valence-electron chi connectivity index (χ2n) is 6.38. The van der Waals surface area contributed by atoms with Crippen molar-refractivity contribution < 1.29 is 13.2 Å². The lowest BCUT2D eigenvalue weighted by Crippen LogP contribution is -2.53. The minimum Gasteiger partial charge on any atom is -0.305 e. The number of nitrogens with zero attached hydrogens (tertiary/aromatic N) is 4. The summed E-state index contributed by atoms with van der Waals surface area (Å²) in [7, 11) is -1.42. The number of carbonyl (C=O) groups excluding carboxylic acids is 1. The summed E-state index contributed by atoms with van der Waals surface area (Å²) < 4.78 is 28.5. The molecule has 2 aliphatic rings. The van der Waals surface area contributed by atoms with Crippen LogP contribution in [0.25, 0.3) is 0 Å². The Morgan fingerprint density at radius 1 is 1.30 bits per heavy atom. The number of hydrogen-bond acceptors (Lipinski definition) is 4. The number of sulfonamides is 1. The van der Waals surface area contributed by atoms with Crippen molar-refractivity contribution >= 4 is 21.6 Å². The van der Waals surface area contributed by atoms with Crippen molar-refractivity contribution in [1.29, 1.82) is 0 Å². The van der Waals surface area contributed by atoms with Gasteiger partial charge in [-0.05, 0) is 19.3 Å². The van der Waals surface area contributed by atoms with Gasteiger partial charge in [0.05, 0.1) is 23.7 Å². The van der Waals surface area contributed by atoms with Gasteiger partial charge in [0.25, 0.3) is 0 Å². The van der Waals surface area contributed by atoms with Crippen LogP contribution < -0.4 is 4.90 Å². The van der Waals surface area contributed by atoms with E-state index in [9.17, 15) is 13.2 Å². The summed E-state index contributed by atoms with van der Waals surface area (Å²) in [5.74, 6) is 0.264. The first kappa shape index (κ1) is 16.4. The number of piperidine rings is 1. The molecule has 0 bridgehead atoms. The van der Waals surface area contributed by atoms with Crippen LogP contribution in [-0.4, -0.2) is 52.8 Å². The van der Waals surface area contributed by atoms with Crippen molar-refractivity contribution in [3.8, 4) is 0 Å². The van der Waals surface area contributed by atoms with Crippen molar-refractivity contribution in [3.63, 3.8) is 0 Å². The van der Waals surface area contributed by atoms with E-state index in [2.05, 4.69) is 5.10 Å². The SMILES string of the molecule is CCCCS(=O)(=O)N1CCC2C1CCC(=O)N2c1cnn(C)c1. The quantitative estimate of drug-likeness (QED) is 0.805. The van der Waals surface area contributed by atoms with Crippen molar-refractivity contribution in [2.75, 3.05) is 17.2 Å². The number of anilines is 1. The molecule has 23 heavy (non-hydrogen) atoms. The number of aryl methyl sites for hydroxylation is 1. The molecule has 2 atom stereocenters. The van der Waals surface area contributed by atoms with E-state index in [1.54, 1.807) is 20.1 Å². The monoisotopic (exact) mass is 340 g/mol. The highest BCUT2D eigenvalue weighted by atomic mass is 32.2. The molecule has 1 aromatic rings. The van der Waals surface area contributed by atoms with E-state index < -0.39 is 10.0 Å². The van der Waals surface area contributed by atoms with Gasteiger partial charge in [-0.1, -0.05) is 13.3 Å². The van der Waals surface area contributed by atoms with Crippen LogP contribution in [0.2, 0.25) is 0 Å². The van der Waals surface area contributed by atoms with E-state index in [4.69, 9.17) is 0 Å². The lowest BCUT2D eigenvalue weighted by molar-refractivity contribution is -0.120. The molecule has 2 saturated heterocycles. The molecule has 0 spiro atoms. The average Bonchev–Trinajstić information content (AvgIpc) is 3.11. The predicted molar refractivity (Wildman–Crippen MR) is 87.5 cm³/mol. The normalized spacial score (nSPS) is 25.8. The highest BCUT2D eigenvalue weighted by Crippen LogP contribution is 2.36. The number of amides is 1. The second-order valence-corrected chi connectivity index (χ2v) is 8.42. The Balaban J connectivity index is 1.84. The van der Waals surface area contributed by atoms with Crippen LogP contribution in [0.4, 0.5) is 5.69 Å². The number of rotatable bonds is 5. The third-order valence-corrected chi connectivity index (χ3v) is 6.77. The third kappa shape index (κ3) is 3.01. The standard InChI is InChI=1S/C15H24N4O3S/c1-3-4-9-23(21,22)18-8-7-14-13(18)5-6-15(20)19(14)12-10-16-17(2)11-12/h10-11,13-14H,3-9H2,1-2H3. The summed E-state index contributed by atoms with van der Waals surface area (Å²) in [6, 6.07) is -0.174. The van der Waals surface area contributed by atoms with Crippen LogP contribution in [-0.2, 0) is 21.9 Å². The number of unbranched alkanes of at least 4 members (excludes halogenated alkanes) is 1. The molecule has 0 aliphatic carbocycles. The molecule has 3 rings (SSSR count). The smallest absolute Gasteiger partial charge is 0.227 e. The van der Waals surface area contributed by atoms with Gasteiger partial charge in [-0.25, -0.2) is 8.42 Å². The zero-order chi connectivity index (χ0) is 16.6. The topological polar surface area (TPSA) is 75.5 Å². The molecule has 3 heterocycles. The van der Waals surface area contributed by atoms with Crippen LogP contribution in [0.3, 0.4) is 0 Å². The maximum Gasteiger partial charge on any atom is 0.227 e. The number of carbonyl (C=O) groups is 1. The summed E-state index contributed by atoms with van der Waals surface area (Å²) in [5, 5.41) is 4.14. The van der Waals surface area contributed by atoms with Crippen LogP contribution in [0.1, 0.15) is 39.0 Å². The van der Waals surface area contributed by atoms with Gasteiger partial charge in [0, 0.05) is 32.3 Å². The number of hydrogen-bond donors (Lipinski definition) is 0. The van der Waals surface area contributed by atoms with Crippen molar-refractivity contribution in [2.45, 2.75) is 51.1 Å². The molecule has 2 fully saturated rings. The van der Waals surface area contributed by atoms with Gasteiger partial charge in [-0.15, -0.1) is 0 Å². The Hall–Kier alpha value is -1.41. The summed E-state index contributed by atoms with van der Waals surface area (Å²) in [6.07, 6.45) is 6.73. The van der Waals surface area contributed by atoms with Gasteiger partial charge in [-0.3, -0.25) is 9.48 Å². The maximum atomic E-state index is 12.6. The Labute approximate surface area is 137 Å². The van der Waals surface area contributed by atoms with E-state index in [0.29, 0.717) is 32.2 Å². The van der Waals surface area contributed by atoms with E-state index in [0.717, 1.165) is 12.1 Å². The maximum absolute atomic E-state index is 12.6. The summed E-state index contributed by atoms with van der Waals surface area (Å²) in [6.45, 7) is 2.50. The Kier molecular flexibility index (Phi) is 4.46. The second kappa shape index (κ2) is 6.24. The molecule has 8 heteroatoms. The molecule has 1 amide bonds. The van der Waals surface area contributed by atoms with Gasteiger partial charge < -0.3 is 4.90 Å². The molecule has 2 unspecified atom stereocenters. The molecule has 0 N–H and O–H groups in total. The fourth-order valence-electron chi connectivity index (χ4n) is 3.68. The van der Waals surface area contributed by atoms with E-state index in [-0.39, 0.29) is 23.7 Å². The number of fused-ring (bicyclic) bond motifs is 1. The highest BCUT2D eigenvalue weighted by Gasteiger charge is 2.47. The fourth-order valence-corrected chi connectivity index (χ4v) is 5.61. The zero-order valence-corrected chi connectivity index (χ0v) is 14.5. The Bertz CT molecular complexity index is 685. The first-order valence-corrected chi connectivity index (χ1v) is 9.85. The third-order valence-electron chi connectivity index (χ3n) is 4.80. The Morgan fingerprint density at radius 3 is 2.74 bits per heavy atom. The van der Waals surface area contributed by atoms with Crippen LogP contribution in [0.5, 0.6) is 0 Å². The molecule has 1 aromatic heterocycles. The van der Waals surface area contributed by atoms with Crippen LogP contribution >= 0.6 is 0 Å². The summed E-state index contributed by atoms with van der Waals surface area (Å²) in [5.41, 5.74) is 0.764. The van der Waals surface area contributed by atoms with Gasteiger partial charge in [-0.2, -0.15) is 9.40 Å². The lowest BCUT2D eigenvalue weighted by atomic mass is 9.96. The van der Waals surface area contributed by atoms with Gasteiger partial charge in [0.1, 0.15) is 0 Å². The van der Waals surface area contributed by atoms with Crippen LogP contribution in [0, 0.1) is 0 Å². The van der Waals surface area contributed by atoms with Crippen molar-refractivity contribution in [1.82, 2.24) is 14.1 Å². The van der Waals surface area contributed by atoms with Gasteiger partial charge in [0.15, 0.2) is 0 Å². The van der Waals surface area contributed by atoms with Gasteiger partial charge >= 0.3 is 0 Å².